The molecule has 27 heavy (non-hydrogen) atoms. The van der Waals surface area contributed by atoms with Crippen LogP contribution in [0.25, 0.3) is 0 Å². The Bertz CT molecular complexity index is 831. The van der Waals surface area contributed by atoms with Crippen LogP contribution in [0.2, 0.25) is 5.02 Å². The Balaban J connectivity index is 1.56. The number of rotatable bonds is 6. The Kier molecular flexibility index (Phi) is 6.16. The van der Waals surface area contributed by atoms with Crippen molar-refractivity contribution in [1.82, 2.24) is 20.4 Å². The highest BCUT2D eigenvalue weighted by atomic mass is 35.5. The summed E-state index contributed by atoms with van der Waals surface area (Å²) >= 11 is 5.96. The maximum Gasteiger partial charge on any atom is 0.254 e. The fraction of sp³-hybridized carbons (Fsp3) is 0.450. The summed E-state index contributed by atoms with van der Waals surface area (Å²) in [6.45, 7) is 5.23. The molecule has 0 aliphatic carbocycles. The van der Waals surface area contributed by atoms with Gasteiger partial charge in [-0.25, -0.2) is 0 Å². The first-order valence-electron chi connectivity index (χ1n) is 9.29. The summed E-state index contributed by atoms with van der Waals surface area (Å²) < 4.78 is 1.90. The lowest BCUT2D eigenvalue weighted by atomic mass is 9.94. The number of carbonyl (C=O) groups excluding carboxylic acids is 2. The zero-order valence-electron chi connectivity index (χ0n) is 15.7. The molecule has 144 valence electrons. The van der Waals surface area contributed by atoms with Crippen LogP contribution in [0.1, 0.15) is 41.9 Å². The van der Waals surface area contributed by atoms with Crippen molar-refractivity contribution < 1.29 is 9.59 Å². The third-order valence-corrected chi connectivity index (χ3v) is 4.92. The zero-order chi connectivity index (χ0) is 19.4. The van der Waals surface area contributed by atoms with Gasteiger partial charge in [0.15, 0.2) is 0 Å². The number of hydrogen-bond donors (Lipinski definition) is 2. The van der Waals surface area contributed by atoms with Crippen LogP contribution in [-0.2, 0) is 24.2 Å². The van der Waals surface area contributed by atoms with Crippen LogP contribution in [0, 0.1) is 5.92 Å². The maximum absolute atomic E-state index is 12.3. The Morgan fingerprint density at radius 3 is 2.93 bits per heavy atom. The zero-order valence-corrected chi connectivity index (χ0v) is 16.4. The molecule has 3 rings (SSSR count). The Morgan fingerprint density at radius 2 is 2.19 bits per heavy atom. The first-order chi connectivity index (χ1) is 12.9. The monoisotopic (exact) mass is 388 g/mol. The lowest BCUT2D eigenvalue weighted by Crippen LogP contribution is -2.35. The first-order valence-corrected chi connectivity index (χ1v) is 9.67. The van der Waals surface area contributed by atoms with Crippen LogP contribution in [0.4, 0.5) is 0 Å². The largest absolute Gasteiger partial charge is 0.356 e. The predicted octanol–water partition coefficient (Wildman–Crippen LogP) is 2.60. The molecular weight excluding hydrogens is 364 g/mol. The van der Waals surface area contributed by atoms with E-state index in [9.17, 15) is 9.59 Å². The number of benzene rings is 1. The van der Waals surface area contributed by atoms with Crippen molar-refractivity contribution in [2.75, 3.05) is 6.54 Å². The van der Waals surface area contributed by atoms with E-state index in [1.54, 1.807) is 18.3 Å². The molecule has 2 aromatic rings. The lowest BCUT2D eigenvalue weighted by molar-refractivity contribution is -0.120. The SMILES string of the molecule is CC(C)NC(=O)c1cnn2c1C[C@@H](CNC(=O)Cc1cccc(Cl)c1)CC2. The summed E-state index contributed by atoms with van der Waals surface area (Å²) in [6, 6.07) is 7.42. The quantitative estimate of drug-likeness (QED) is 0.798. The van der Waals surface area contributed by atoms with Gasteiger partial charge in [-0.1, -0.05) is 23.7 Å². The van der Waals surface area contributed by atoms with E-state index < -0.39 is 0 Å². The molecule has 0 saturated heterocycles. The van der Waals surface area contributed by atoms with Crippen molar-refractivity contribution in [3.8, 4) is 0 Å². The van der Waals surface area contributed by atoms with Gasteiger partial charge in [-0.05, 0) is 50.3 Å². The summed E-state index contributed by atoms with van der Waals surface area (Å²) in [7, 11) is 0. The Hall–Kier alpha value is -2.34. The summed E-state index contributed by atoms with van der Waals surface area (Å²) in [5.41, 5.74) is 2.49. The highest BCUT2D eigenvalue weighted by Gasteiger charge is 2.25. The average Bonchev–Trinajstić information content (AvgIpc) is 3.02. The summed E-state index contributed by atoms with van der Waals surface area (Å²) in [5, 5.41) is 10.9. The van der Waals surface area contributed by atoms with Gasteiger partial charge in [0.2, 0.25) is 5.91 Å². The van der Waals surface area contributed by atoms with Crippen LogP contribution in [0.5, 0.6) is 0 Å². The number of nitrogens with one attached hydrogen (secondary N) is 2. The molecule has 6 nitrogen and oxygen atoms in total. The molecule has 1 aromatic heterocycles. The smallest absolute Gasteiger partial charge is 0.254 e. The number of halogens is 1. The first kappa shape index (κ1) is 19.4. The molecule has 0 saturated carbocycles. The number of amides is 2. The molecule has 2 N–H and O–H groups in total. The van der Waals surface area contributed by atoms with E-state index in [1.165, 1.54) is 0 Å². The highest BCUT2D eigenvalue weighted by Crippen LogP contribution is 2.23. The number of nitrogens with zero attached hydrogens (tertiary/aromatic N) is 2. The molecule has 2 amide bonds. The second kappa shape index (κ2) is 8.57. The molecule has 0 fully saturated rings. The van der Waals surface area contributed by atoms with Gasteiger partial charge < -0.3 is 10.6 Å². The van der Waals surface area contributed by atoms with Crippen molar-refractivity contribution in [3.05, 3.63) is 52.3 Å². The van der Waals surface area contributed by atoms with Crippen LogP contribution >= 0.6 is 11.6 Å². The molecule has 1 aromatic carbocycles. The fourth-order valence-corrected chi connectivity index (χ4v) is 3.57. The molecule has 1 atom stereocenters. The van der Waals surface area contributed by atoms with Crippen molar-refractivity contribution in [2.45, 2.75) is 45.7 Å². The molecular formula is C20H25ClN4O2. The minimum absolute atomic E-state index is 0.0193. The van der Waals surface area contributed by atoms with E-state index in [4.69, 9.17) is 11.6 Å². The van der Waals surface area contributed by atoms with Gasteiger partial charge in [-0.3, -0.25) is 14.3 Å². The summed E-state index contributed by atoms with van der Waals surface area (Å²) in [4.78, 5) is 24.6. The van der Waals surface area contributed by atoms with E-state index in [0.717, 1.165) is 30.6 Å². The Morgan fingerprint density at radius 1 is 1.37 bits per heavy atom. The van der Waals surface area contributed by atoms with E-state index in [0.29, 0.717) is 29.5 Å². The summed E-state index contributed by atoms with van der Waals surface area (Å²) in [5.74, 6) is 0.189. The normalized spacial score (nSPS) is 16.1. The molecule has 1 aliphatic rings. The van der Waals surface area contributed by atoms with Gasteiger partial charge in [-0.2, -0.15) is 5.10 Å². The molecule has 1 aliphatic heterocycles. The van der Waals surface area contributed by atoms with E-state index in [-0.39, 0.29) is 17.9 Å². The van der Waals surface area contributed by atoms with Crippen LogP contribution in [-0.4, -0.2) is 34.2 Å². The average molecular weight is 389 g/mol. The minimum Gasteiger partial charge on any atom is -0.356 e. The molecule has 7 heteroatoms. The molecule has 2 heterocycles. The van der Waals surface area contributed by atoms with Crippen LogP contribution < -0.4 is 10.6 Å². The number of aromatic nitrogens is 2. The van der Waals surface area contributed by atoms with E-state index >= 15 is 0 Å². The van der Waals surface area contributed by atoms with Crippen molar-refractivity contribution in [2.24, 2.45) is 5.92 Å². The van der Waals surface area contributed by atoms with Crippen LogP contribution in [0.3, 0.4) is 0 Å². The fourth-order valence-electron chi connectivity index (χ4n) is 3.36. The third-order valence-electron chi connectivity index (χ3n) is 4.69. The lowest BCUT2D eigenvalue weighted by Gasteiger charge is -2.24. The number of hydrogen-bond acceptors (Lipinski definition) is 3. The topological polar surface area (TPSA) is 76.0 Å². The molecule has 0 unspecified atom stereocenters. The van der Waals surface area contributed by atoms with E-state index in [1.807, 2.05) is 30.7 Å². The summed E-state index contributed by atoms with van der Waals surface area (Å²) in [6.07, 6.45) is 3.62. The van der Waals surface area contributed by atoms with E-state index in [2.05, 4.69) is 15.7 Å². The second-order valence-corrected chi connectivity index (χ2v) is 7.76. The minimum atomic E-state index is -0.0862. The van der Waals surface area contributed by atoms with Crippen LogP contribution in [0.15, 0.2) is 30.5 Å². The van der Waals surface area contributed by atoms with Gasteiger partial charge in [0.1, 0.15) is 0 Å². The molecule has 0 radical (unpaired) electrons. The number of aryl methyl sites for hydroxylation is 1. The molecule has 0 spiro atoms. The predicted molar refractivity (Wildman–Crippen MR) is 105 cm³/mol. The van der Waals surface area contributed by atoms with Gasteiger partial charge in [0.05, 0.1) is 23.9 Å². The van der Waals surface area contributed by atoms with Crippen molar-refractivity contribution in [3.63, 3.8) is 0 Å². The maximum atomic E-state index is 12.3. The van der Waals surface area contributed by atoms with Gasteiger partial charge in [0, 0.05) is 24.2 Å². The number of carbonyl (C=O) groups is 2. The highest BCUT2D eigenvalue weighted by molar-refractivity contribution is 6.30. The Labute approximate surface area is 164 Å². The standard InChI is InChI=1S/C20H25ClN4O2/c1-13(2)24-20(27)17-12-23-25-7-6-15(9-18(17)25)11-22-19(26)10-14-4-3-5-16(21)8-14/h3-5,8,12-13,15H,6-7,9-11H2,1-2H3,(H,22,26)(H,24,27)/t15-/m0/s1. The molecule has 0 bridgehead atoms. The number of fused-ring (bicyclic) bond motifs is 1. The van der Waals surface area contributed by atoms with Gasteiger partial charge >= 0.3 is 0 Å². The van der Waals surface area contributed by atoms with Crippen molar-refractivity contribution in [1.29, 1.82) is 0 Å². The third kappa shape index (κ3) is 5.10. The second-order valence-electron chi connectivity index (χ2n) is 7.33. The van der Waals surface area contributed by atoms with Gasteiger partial charge in [0.25, 0.3) is 5.91 Å². The van der Waals surface area contributed by atoms with Gasteiger partial charge in [-0.15, -0.1) is 0 Å². The van der Waals surface area contributed by atoms with Crippen molar-refractivity contribution >= 4 is 23.4 Å².